The van der Waals surface area contributed by atoms with E-state index in [2.05, 4.69) is 10.5 Å². The molecule has 1 aliphatic rings. The average Bonchev–Trinajstić information content (AvgIpc) is 2.05. The highest BCUT2D eigenvalue weighted by Crippen LogP contribution is 2.12. The summed E-state index contributed by atoms with van der Waals surface area (Å²) in [5.74, 6) is 0.506. The molecule has 0 aromatic heterocycles. The zero-order valence-corrected chi connectivity index (χ0v) is 6.30. The van der Waals surface area contributed by atoms with Crippen molar-refractivity contribution < 1.29 is 5.21 Å². The van der Waals surface area contributed by atoms with Crippen molar-refractivity contribution in [1.82, 2.24) is 5.32 Å². The van der Waals surface area contributed by atoms with Gasteiger partial charge in [-0.3, -0.25) is 0 Å². The summed E-state index contributed by atoms with van der Waals surface area (Å²) in [7, 11) is 0. The number of nitrogens with one attached hydrogen (secondary N) is 1. The van der Waals surface area contributed by atoms with Crippen molar-refractivity contribution in [2.24, 2.45) is 11.1 Å². The van der Waals surface area contributed by atoms with Crippen molar-refractivity contribution in [2.75, 3.05) is 13.1 Å². The third-order valence-electron chi connectivity index (χ3n) is 2.09. The third-order valence-corrected chi connectivity index (χ3v) is 2.09. The van der Waals surface area contributed by atoms with Crippen molar-refractivity contribution >= 4 is 5.71 Å². The first-order valence-corrected chi connectivity index (χ1v) is 3.74. The van der Waals surface area contributed by atoms with Crippen molar-refractivity contribution in [3.05, 3.63) is 0 Å². The molecule has 3 nitrogen and oxygen atoms in total. The predicted molar refractivity (Wildman–Crippen MR) is 40.5 cm³/mol. The molecule has 1 rings (SSSR count). The lowest BCUT2D eigenvalue weighted by Gasteiger charge is -2.21. The molecule has 0 amide bonds. The van der Waals surface area contributed by atoms with Crippen LogP contribution in [0.1, 0.15) is 19.8 Å². The van der Waals surface area contributed by atoms with Gasteiger partial charge >= 0.3 is 0 Å². The SMILES string of the molecule is CC(=NO)C1CCNCC1. The van der Waals surface area contributed by atoms with Gasteiger partial charge in [-0.15, -0.1) is 0 Å². The number of oxime groups is 1. The fourth-order valence-electron chi connectivity index (χ4n) is 1.32. The molecule has 1 fully saturated rings. The maximum atomic E-state index is 8.45. The van der Waals surface area contributed by atoms with Crippen LogP contribution in [0.4, 0.5) is 0 Å². The topological polar surface area (TPSA) is 44.6 Å². The van der Waals surface area contributed by atoms with Crippen LogP contribution < -0.4 is 5.32 Å². The van der Waals surface area contributed by atoms with Gasteiger partial charge in [0, 0.05) is 5.92 Å². The van der Waals surface area contributed by atoms with Crippen LogP contribution in [0.3, 0.4) is 0 Å². The Balaban J connectivity index is 2.39. The van der Waals surface area contributed by atoms with E-state index in [1.807, 2.05) is 6.92 Å². The van der Waals surface area contributed by atoms with Gasteiger partial charge in [0.1, 0.15) is 0 Å². The second-order valence-electron chi connectivity index (χ2n) is 2.77. The van der Waals surface area contributed by atoms with Crippen molar-refractivity contribution in [3.63, 3.8) is 0 Å². The first-order chi connectivity index (χ1) is 4.84. The largest absolute Gasteiger partial charge is 0.411 e. The fourth-order valence-corrected chi connectivity index (χ4v) is 1.32. The molecule has 0 unspecified atom stereocenters. The van der Waals surface area contributed by atoms with E-state index in [1.54, 1.807) is 0 Å². The van der Waals surface area contributed by atoms with Crippen molar-refractivity contribution in [2.45, 2.75) is 19.8 Å². The van der Waals surface area contributed by atoms with Crippen LogP contribution in [0, 0.1) is 5.92 Å². The molecule has 1 heterocycles. The van der Waals surface area contributed by atoms with E-state index in [0.717, 1.165) is 31.6 Å². The number of hydrogen-bond donors (Lipinski definition) is 2. The summed E-state index contributed by atoms with van der Waals surface area (Å²) in [6, 6.07) is 0. The minimum absolute atomic E-state index is 0.506. The van der Waals surface area contributed by atoms with E-state index in [0.29, 0.717) is 5.92 Å². The zero-order valence-electron chi connectivity index (χ0n) is 6.30. The lowest BCUT2D eigenvalue weighted by Crippen LogP contribution is -2.30. The van der Waals surface area contributed by atoms with Gasteiger partial charge in [0.25, 0.3) is 0 Å². The van der Waals surface area contributed by atoms with Gasteiger partial charge in [-0.2, -0.15) is 0 Å². The van der Waals surface area contributed by atoms with Crippen LogP contribution in [0.15, 0.2) is 5.16 Å². The average molecular weight is 142 g/mol. The van der Waals surface area contributed by atoms with Gasteiger partial charge in [-0.05, 0) is 32.9 Å². The second kappa shape index (κ2) is 3.56. The summed E-state index contributed by atoms with van der Waals surface area (Å²) < 4.78 is 0. The molecule has 0 aromatic carbocycles. The number of hydrogen-bond acceptors (Lipinski definition) is 3. The van der Waals surface area contributed by atoms with E-state index in [1.165, 1.54) is 0 Å². The molecule has 10 heavy (non-hydrogen) atoms. The first kappa shape index (κ1) is 7.54. The van der Waals surface area contributed by atoms with Crippen LogP contribution in [-0.2, 0) is 0 Å². The van der Waals surface area contributed by atoms with Crippen molar-refractivity contribution in [1.29, 1.82) is 0 Å². The van der Waals surface area contributed by atoms with Gasteiger partial charge < -0.3 is 10.5 Å². The molecule has 0 radical (unpaired) electrons. The van der Waals surface area contributed by atoms with E-state index >= 15 is 0 Å². The maximum absolute atomic E-state index is 8.45. The number of rotatable bonds is 1. The molecule has 0 saturated carbocycles. The Kier molecular flexibility index (Phi) is 2.68. The number of nitrogens with zero attached hydrogens (tertiary/aromatic N) is 1. The van der Waals surface area contributed by atoms with Gasteiger partial charge in [-0.1, -0.05) is 5.16 Å². The molecule has 0 aliphatic carbocycles. The summed E-state index contributed by atoms with van der Waals surface area (Å²) in [5, 5.41) is 14.9. The van der Waals surface area contributed by atoms with Crippen LogP contribution in [0.5, 0.6) is 0 Å². The molecule has 2 N–H and O–H groups in total. The van der Waals surface area contributed by atoms with Crippen LogP contribution in [0.25, 0.3) is 0 Å². The highest BCUT2D eigenvalue weighted by Gasteiger charge is 2.15. The molecule has 1 aliphatic heterocycles. The Morgan fingerprint density at radius 3 is 2.60 bits per heavy atom. The zero-order chi connectivity index (χ0) is 7.40. The molecular formula is C7H14N2O. The Bertz CT molecular complexity index is 128. The summed E-state index contributed by atoms with van der Waals surface area (Å²) in [6.07, 6.45) is 2.21. The van der Waals surface area contributed by atoms with E-state index in [-0.39, 0.29) is 0 Å². The Hall–Kier alpha value is -0.570. The molecule has 0 bridgehead atoms. The van der Waals surface area contributed by atoms with Crippen LogP contribution in [0.2, 0.25) is 0 Å². The van der Waals surface area contributed by atoms with Gasteiger partial charge in [0.15, 0.2) is 0 Å². The standard InChI is InChI=1S/C7H14N2O/c1-6(9-10)7-2-4-8-5-3-7/h7-8,10H,2-5H2,1H3. The predicted octanol–water partition coefficient (Wildman–Crippen LogP) is 0.836. The summed E-state index contributed by atoms with van der Waals surface area (Å²) in [5.41, 5.74) is 0.876. The fraction of sp³-hybridized carbons (Fsp3) is 0.857. The normalized spacial score (nSPS) is 23.1. The minimum Gasteiger partial charge on any atom is -0.411 e. The Morgan fingerprint density at radius 1 is 1.50 bits per heavy atom. The maximum Gasteiger partial charge on any atom is 0.0571 e. The molecule has 0 spiro atoms. The van der Waals surface area contributed by atoms with E-state index in [4.69, 9.17) is 5.21 Å². The summed E-state index contributed by atoms with van der Waals surface area (Å²) in [6.45, 7) is 3.99. The Morgan fingerprint density at radius 2 is 2.10 bits per heavy atom. The summed E-state index contributed by atoms with van der Waals surface area (Å²) in [4.78, 5) is 0. The van der Waals surface area contributed by atoms with E-state index in [9.17, 15) is 0 Å². The highest BCUT2D eigenvalue weighted by atomic mass is 16.4. The van der Waals surface area contributed by atoms with Gasteiger partial charge in [-0.25, -0.2) is 0 Å². The van der Waals surface area contributed by atoms with Crippen molar-refractivity contribution in [3.8, 4) is 0 Å². The first-order valence-electron chi connectivity index (χ1n) is 3.74. The third kappa shape index (κ3) is 1.70. The van der Waals surface area contributed by atoms with Gasteiger partial charge in [0.2, 0.25) is 0 Å². The molecule has 0 aromatic rings. The highest BCUT2D eigenvalue weighted by molar-refractivity contribution is 5.83. The minimum atomic E-state index is 0.506. The monoisotopic (exact) mass is 142 g/mol. The van der Waals surface area contributed by atoms with Crippen LogP contribution >= 0.6 is 0 Å². The molecular weight excluding hydrogens is 128 g/mol. The smallest absolute Gasteiger partial charge is 0.0571 e. The second-order valence-corrected chi connectivity index (χ2v) is 2.77. The lowest BCUT2D eigenvalue weighted by atomic mass is 9.94. The molecule has 58 valence electrons. The molecule has 1 saturated heterocycles. The Labute approximate surface area is 61.1 Å². The number of piperidine rings is 1. The van der Waals surface area contributed by atoms with Gasteiger partial charge in [0.05, 0.1) is 5.71 Å². The van der Waals surface area contributed by atoms with E-state index < -0.39 is 0 Å². The molecule has 3 heteroatoms. The van der Waals surface area contributed by atoms with Crippen LogP contribution in [-0.4, -0.2) is 24.0 Å². The lowest BCUT2D eigenvalue weighted by molar-refractivity contribution is 0.310. The molecule has 0 atom stereocenters. The quantitative estimate of drug-likeness (QED) is 0.323. The summed E-state index contributed by atoms with van der Waals surface area (Å²) >= 11 is 0.